The smallest absolute Gasteiger partial charge is 0.127 e. The van der Waals surface area contributed by atoms with Gasteiger partial charge in [0.2, 0.25) is 0 Å². The molecule has 1 heterocycles. The highest BCUT2D eigenvalue weighted by Crippen LogP contribution is 2.33. The van der Waals surface area contributed by atoms with Gasteiger partial charge in [0.1, 0.15) is 5.82 Å². The van der Waals surface area contributed by atoms with Crippen molar-refractivity contribution in [2.45, 2.75) is 19.4 Å². The molecule has 0 saturated heterocycles. The zero-order chi connectivity index (χ0) is 14.0. The van der Waals surface area contributed by atoms with Gasteiger partial charge in [-0.25, -0.2) is 4.39 Å². The molecule has 1 aromatic heterocycles. The van der Waals surface area contributed by atoms with Gasteiger partial charge in [-0.1, -0.05) is 17.7 Å². The van der Waals surface area contributed by atoms with Gasteiger partial charge in [-0.15, -0.1) is 11.3 Å². The Kier molecular flexibility index (Phi) is 4.97. The summed E-state index contributed by atoms with van der Waals surface area (Å²) in [6.07, 6.45) is 0.478. The second-order valence-electron chi connectivity index (χ2n) is 4.26. The van der Waals surface area contributed by atoms with E-state index in [1.165, 1.54) is 6.07 Å². The maximum atomic E-state index is 13.8. The van der Waals surface area contributed by atoms with Gasteiger partial charge in [-0.2, -0.15) is 0 Å². The second-order valence-corrected chi connectivity index (χ2v) is 7.10. The van der Waals surface area contributed by atoms with E-state index in [-0.39, 0.29) is 11.9 Å². The Balaban J connectivity index is 2.23. The van der Waals surface area contributed by atoms with E-state index in [0.717, 1.165) is 14.2 Å². The summed E-state index contributed by atoms with van der Waals surface area (Å²) in [7, 11) is 0. The summed E-state index contributed by atoms with van der Waals surface area (Å²) in [5.41, 5.74) is 4.48. The Morgan fingerprint density at radius 1 is 1.47 bits per heavy atom. The van der Waals surface area contributed by atoms with Crippen LogP contribution in [0.15, 0.2) is 28.1 Å². The van der Waals surface area contributed by atoms with Gasteiger partial charge in [0, 0.05) is 9.90 Å². The highest BCUT2D eigenvalue weighted by atomic mass is 79.9. The predicted molar refractivity (Wildman–Crippen MR) is 81.9 cm³/mol. The summed E-state index contributed by atoms with van der Waals surface area (Å²) < 4.78 is 14.9. The normalized spacial score (nSPS) is 12.7. The Bertz CT molecular complexity index is 569. The molecule has 0 aliphatic carbocycles. The molecule has 3 N–H and O–H groups in total. The second kappa shape index (κ2) is 6.33. The van der Waals surface area contributed by atoms with Crippen LogP contribution in [0.3, 0.4) is 0 Å². The number of hydrogen-bond donors (Lipinski definition) is 2. The van der Waals surface area contributed by atoms with Crippen molar-refractivity contribution in [3.63, 3.8) is 0 Å². The summed E-state index contributed by atoms with van der Waals surface area (Å²) in [6, 6.07) is 6.62. The summed E-state index contributed by atoms with van der Waals surface area (Å²) in [5, 5.41) is 0.397. The largest absolute Gasteiger partial charge is 0.271 e. The molecule has 1 aromatic carbocycles. The average Bonchev–Trinajstić information content (AvgIpc) is 2.68. The fourth-order valence-corrected chi connectivity index (χ4v) is 3.59. The summed E-state index contributed by atoms with van der Waals surface area (Å²) in [5.74, 6) is 5.28. The van der Waals surface area contributed by atoms with E-state index in [4.69, 9.17) is 17.4 Å². The molecule has 0 aliphatic heterocycles. The maximum absolute atomic E-state index is 13.8. The Morgan fingerprint density at radius 3 is 2.74 bits per heavy atom. The molecule has 0 bridgehead atoms. The quantitative estimate of drug-likeness (QED) is 0.626. The lowest BCUT2D eigenvalue weighted by molar-refractivity contribution is 0.535. The van der Waals surface area contributed by atoms with Gasteiger partial charge >= 0.3 is 0 Å². The van der Waals surface area contributed by atoms with Crippen LogP contribution in [0.1, 0.15) is 22.0 Å². The molecule has 1 atom stereocenters. The van der Waals surface area contributed by atoms with Crippen molar-refractivity contribution in [2.75, 3.05) is 0 Å². The molecule has 0 amide bonds. The average molecular weight is 364 g/mol. The van der Waals surface area contributed by atoms with Crippen LogP contribution in [-0.2, 0) is 6.42 Å². The SMILES string of the molecule is Cc1cc(C(Cc2ccc(Cl)cc2F)NN)sc1Br. The molecule has 6 heteroatoms. The molecule has 2 aromatic rings. The molecular formula is C13H13BrClFN2S. The Morgan fingerprint density at radius 2 is 2.21 bits per heavy atom. The van der Waals surface area contributed by atoms with E-state index in [9.17, 15) is 4.39 Å². The number of aryl methyl sites for hydroxylation is 1. The lowest BCUT2D eigenvalue weighted by Crippen LogP contribution is -2.29. The number of nitrogens with two attached hydrogens (primary N) is 1. The minimum absolute atomic E-state index is 0.120. The maximum Gasteiger partial charge on any atom is 0.127 e. The zero-order valence-corrected chi connectivity index (χ0v) is 13.4. The number of halogens is 3. The Hall–Kier alpha value is -0.460. The fraction of sp³-hybridized carbons (Fsp3) is 0.231. The minimum Gasteiger partial charge on any atom is -0.271 e. The molecule has 1 unspecified atom stereocenters. The van der Waals surface area contributed by atoms with Crippen LogP contribution in [0.2, 0.25) is 5.02 Å². The van der Waals surface area contributed by atoms with Gasteiger partial charge in [0.05, 0.1) is 9.83 Å². The number of rotatable bonds is 4. The fourth-order valence-electron chi connectivity index (χ4n) is 1.80. The number of hydrogen-bond acceptors (Lipinski definition) is 3. The van der Waals surface area contributed by atoms with Crippen molar-refractivity contribution in [1.29, 1.82) is 0 Å². The van der Waals surface area contributed by atoms with Crippen LogP contribution in [0, 0.1) is 12.7 Å². The van der Waals surface area contributed by atoms with Gasteiger partial charge in [0.15, 0.2) is 0 Å². The van der Waals surface area contributed by atoms with Crippen molar-refractivity contribution >= 4 is 38.9 Å². The van der Waals surface area contributed by atoms with Crippen molar-refractivity contribution in [3.8, 4) is 0 Å². The number of benzene rings is 1. The van der Waals surface area contributed by atoms with Gasteiger partial charge in [0.25, 0.3) is 0 Å². The molecule has 19 heavy (non-hydrogen) atoms. The molecule has 0 fully saturated rings. The molecule has 0 radical (unpaired) electrons. The van der Waals surface area contributed by atoms with E-state index in [0.29, 0.717) is 17.0 Å². The standard InChI is InChI=1S/C13H13BrClFN2S/c1-7-4-12(19-13(7)14)11(18-17)5-8-2-3-9(15)6-10(8)16/h2-4,6,11,18H,5,17H2,1H3. The third-order valence-corrected chi connectivity index (χ3v) is 5.35. The van der Waals surface area contributed by atoms with Crippen LogP contribution < -0.4 is 11.3 Å². The first-order chi connectivity index (χ1) is 9.01. The van der Waals surface area contributed by atoms with Crippen molar-refractivity contribution in [1.82, 2.24) is 5.43 Å². The molecule has 0 spiro atoms. The summed E-state index contributed by atoms with van der Waals surface area (Å²) in [4.78, 5) is 1.07. The van der Waals surface area contributed by atoms with Crippen LogP contribution in [0.5, 0.6) is 0 Å². The lowest BCUT2D eigenvalue weighted by Gasteiger charge is -2.14. The van der Waals surface area contributed by atoms with Crippen molar-refractivity contribution in [2.24, 2.45) is 5.84 Å². The number of thiophene rings is 1. The highest BCUT2D eigenvalue weighted by Gasteiger charge is 2.16. The van der Waals surface area contributed by atoms with E-state index >= 15 is 0 Å². The third kappa shape index (κ3) is 3.55. The van der Waals surface area contributed by atoms with Crippen LogP contribution >= 0.6 is 38.9 Å². The molecule has 0 aliphatic rings. The third-order valence-electron chi connectivity index (χ3n) is 2.86. The highest BCUT2D eigenvalue weighted by molar-refractivity contribution is 9.11. The van der Waals surface area contributed by atoms with Crippen molar-refractivity contribution < 1.29 is 4.39 Å². The van der Waals surface area contributed by atoms with E-state index in [1.54, 1.807) is 23.5 Å². The monoisotopic (exact) mass is 362 g/mol. The number of nitrogens with one attached hydrogen (secondary N) is 1. The van der Waals surface area contributed by atoms with Crippen LogP contribution in [0.4, 0.5) is 4.39 Å². The molecule has 0 saturated carbocycles. The van der Waals surface area contributed by atoms with Crippen molar-refractivity contribution in [3.05, 3.63) is 54.9 Å². The van der Waals surface area contributed by atoms with E-state index < -0.39 is 0 Å². The summed E-state index contributed by atoms with van der Waals surface area (Å²) in [6.45, 7) is 2.01. The zero-order valence-electron chi connectivity index (χ0n) is 10.2. The van der Waals surface area contributed by atoms with E-state index in [2.05, 4.69) is 21.4 Å². The van der Waals surface area contributed by atoms with Crippen LogP contribution in [0.25, 0.3) is 0 Å². The Labute approximate surface area is 128 Å². The molecule has 2 rings (SSSR count). The topological polar surface area (TPSA) is 38.0 Å². The first-order valence-electron chi connectivity index (χ1n) is 5.67. The molecule has 102 valence electrons. The first-order valence-corrected chi connectivity index (χ1v) is 7.66. The van der Waals surface area contributed by atoms with Gasteiger partial charge in [-0.05, 0) is 58.6 Å². The number of hydrazine groups is 1. The minimum atomic E-state index is -0.305. The molecule has 2 nitrogen and oxygen atoms in total. The predicted octanol–water partition coefficient (Wildman–Crippen LogP) is 4.36. The van der Waals surface area contributed by atoms with Gasteiger partial charge in [-0.3, -0.25) is 11.3 Å². The first kappa shape index (κ1) is 14.9. The lowest BCUT2D eigenvalue weighted by atomic mass is 10.0. The summed E-state index contributed by atoms with van der Waals surface area (Å²) >= 11 is 10.8. The van der Waals surface area contributed by atoms with Gasteiger partial charge < -0.3 is 0 Å². The van der Waals surface area contributed by atoms with Crippen LogP contribution in [-0.4, -0.2) is 0 Å². The molecular weight excluding hydrogens is 351 g/mol. The van der Waals surface area contributed by atoms with E-state index in [1.807, 2.05) is 13.0 Å².